The van der Waals surface area contributed by atoms with Crippen LogP contribution in [0.5, 0.6) is 0 Å². The zero-order valence-corrected chi connectivity index (χ0v) is 12.1. The van der Waals surface area contributed by atoms with Crippen molar-refractivity contribution in [3.05, 3.63) is 17.5 Å². The van der Waals surface area contributed by atoms with E-state index in [4.69, 9.17) is 4.74 Å². The van der Waals surface area contributed by atoms with Crippen LogP contribution in [-0.4, -0.2) is 40.4 Å². The average Bonchev–Trinajstić information content (AvgIpc) is 3.07. The van der Waals surface area contributed by atoms with Gasteiger partial charge in [0.1, 0.15) is 0 Å². The maximum Gasteiger partial charge on any atom is 0.0710 e. The van der Waals surface area contributed by atoms with Gasteiger partial charge in [-0.2, -0.15) is 5.10 Å². The second-order valence-corrected chi connectivity index (χ2v) is 6.39. The maximum absolute atomic E-state index is 6.36. The van der Waals surface area contributed by atoms with Crippen LogP contribution >= 0.6 is 0 Å². The zero-order chi connectivity index (χ0) is 13.3. The first-order chi connectivity index (χ1) is 9.17. The van der Waals surface area contributed by atoms with Crippen molar-refractivity contribution in [2.24, 2.45) is 0 Å². The summed E-state index contributed by atoms with van der Waals surface area (Å²) in [5.74, 6) is 0. The van der Waals surface area contributed by atoms with Crippen molar-refractivity contribution in [1.29, 1.82) is 0 Å². The van der Waals surface area contributed by atoms with Gasteiger partial charge in [0.05, 0.1) is 17.9 Å². The third-order valence-electron chi connectivity index (χ3n) is 4.74. The van der Waals surface area contributed by atoms with Crippen LogP contribution in [0.1, 0.15) is 49.8 Å². The highest BCUT2D eigenvalue weighted by Gasteiger charge is 2.42. The molecule has 1 aliphatic heterocycles. The van der Waals surface area contributed by atoms with Gasteiger partial charge in [0.15, 0.2) is 0 Å². The highest BCUT2D eigenvalue weighted by Crippen LogP contribution is 2.43. The van der Waals surface area contributed by atoms with Crippen LogP contribution in [0.4, 0.5) is 0 Å². The fraction of sp³-hybridized carbons (Fsp3) is 0.800. The van der Waals surface area contributed by atoms with Gasteiger partial charge in [-0.05, 0) is 39.7 Å². The topological polar surface area (TPSA) is 41.2 Å². The minimum Gasteiger partial charge on any atom is -0.370 e. The van der Waals surface area contributed by atoms with E-state index < -0.39 is 0 Å². The summed E-state index contributed by atoms with van der Waals surface area (Å²) < 4.78 is 6.36. The van der Waals surface area contributed by atoms with Gasteiger partial charge in [0, 0.05) is 24.3 Å². The molecule has 19 heavy (non-hydrogen) atoms. The second-order valence-electron chi connectivity index (χ2n) is 6.39. The molecule has 4 heteroatoms. The van der Waals surface area contributed by atoms with Gasteiger partial charge in [0.2, 0.25) is 0 Å². The van der Waals surface area contributed by atoms with Crippen LogP contribution in [0.3, 0.4) is 0 Å². The molecule has 1 aliphatic carbocycles. The molecule has 4 nitrogen and oxygen atoms in total. The van der Waals surface area contributed by atoms with E-state index in [2.05, 4.69) is 29.1 Å². The van der Waals surface area contributed by atoms with Crippen LogP contribution < -0.4 is 0 Å². The van der Waals surface area contributed by atoms with E-state index in [0.29, 0.717) is 6.10 Å². The molecule has 0 unspecified atom stereocenters. The van der Waals surface area contributed by atoms with E-state index in [1.165, 1.54) is 49.8 Å². The van der Waals surface area contributed by atoms with Gasteiger partial charge in [-0.1, -0.05) is 12.8 Å². The lowest BCUT2D eigenvalue weighted by Gasteiger charge is -2.26. The van der Waals surface area contributed by atoms with Gasteiger partial charge in [-0.25, -0.2) is 0 Å². The Kier molecular flexibility index (Phi) is 3.63. The standard InChI is InChI=1S/C15H25N3O/c1-12-13(9-16-17-12)10-18(2)11-14-5-8-15(19-14)6-3-4-7-15/h9,14H,3-8,10-11H2,1-2H3,(H,16,17)/t14-/m1/s1. The van der Waals surface area contributed by atoms with E-state index in [0.717, 1.165) is 13.1 Å². The summed E-state index contributed by atoms with van der Waals surface area (Å²) in [6.45, 7) is 4.07. The van der Waals surface area contributed by atoms with Gasteiger partial charge < -0.3 is 4.74 Å². The number of nitrogens with zero attached hydrogens (tertiary/aromatic N) is 2. The highest BCUT2D eigenvalue weighted by molar-refractivity contribution is 5.13. The summed E-state index contributed by atoms with van der Waals surface area (Å²) in [6, 6.07) is 0. The Morgan fingerprint density at radius 1 is 1.42 bits per heavy atom. The van der Waals surface area contributed by atoms with Gasteiger partial charge in [0.25, 0.3) is 0 Å². The van der Waals surface area contributed by atoms with Crippen LogP contribution in [0.15, 0.2) is 6.20 Å². The Labute approximate surface area is 115 Å². The number of H-pyrrole nitrogens is 1. The van der Waals surface area contributed by atoms with Gasteiger partial charge in [-0.15, -0.1) is 0 Å². The number of hydrogen-bond donors (Lipinski definition) is 1. The van der Waals surface area contributed by atoms with Gasteiger partial charge >= 0.3 is 0 Å². The smallest absolute Gasteiger partial charge is 0.0710 e. The van der Waals surface area contributed by atoms with Crippen molar-refractivity contribution in [1.82, 2.24) is 15.1 Å². The number of nitrogens with one attached hydrogen (secondary N) is 1. The normalized spacial score (nSPS) is 25.7. The molecule has 1 aromatic heterocycles. The number of aromatic amines is 1. The molecule has 1 N–H and O–H groups in total. The summed E-state index contributed by atoms with van der Waals surface area (Å²) in [6.07, 6.45) is 10.1. The minimum atomic E-state index is 0.261. The van der Waals surface area contributed by atoms with Crippen molar-refractivity contribution in [2.75, 3.05) is 13.6 Å². The largest absolute Gasteiger partial charge is 0.370 e. The SMILES string of the molecule is Cc1[nH]ncc1CN(C)C[C@H]1CCC2(CCCC2)O1. The number of likely N-dealkylation sites (N-methyl/N-ethyl adjacent to an activating group) is 1. The minimum absolute atomic E-state index is 0.261. The third-order valence-corrected chi connectivity index (χ3v) is 4.74. The quantitative estimate of drug-likeness (QED) is 0.908. The lowest BCUT2D eigenvalue weighted by Crippen LogP contribution is -2.32. The van der Waals surface area contributed by atoms with E-state index in [1.54, 1.807) is 0 Å². The van der Waals surface area contributed by atoms with Crippen LogP contribution in [0.25, 0.3) is 0 Å². The van der Waals surface area contributed by atoms with Crippen molar-refractivity contribution < 1.29 is 4.74 Å². The molecule has 1 saturated carbocycles. The first kappa shape index (κ1) is 13.1. The van der Waals surface area contributed by atoms with Crippen molar-refractivity contribution in [3.63, 3.8) is 0 Å². The summed E-state index contributed by atoms with van der Waals surface area (Å²) in [4.78, 5) is 2.36. The van der Waals surface area contributed by atoms with Crippen LogP contribution in [-0.2, 0) is 11.3 Å². The maximum atomic E-state index is 6.36. The van der Waals surface area contributed by atoms with E-state index in [-0.39, 0.29) is 5.60 Å². The highest BCUT2D eigenvalue weighted by atomic mass is 16.5. The predicted octanol–water partition coefficient (Wildman–Crippen LogP) is 2.64. The molecular formula is C15H25N3O. The number of aromatic nitrogens is 2. The molecule has 1 atom stereocenters. The number of hydrogen-bond acceptors (Lipinski definition) is 3. The summed E-state index contributed by atoms with van der Waals surface area (Å²) in [5.41, 5.74) is 2.72. The average molecular weight is 263 g/mol. The molecule has 106 valence electrons. The Morgan fingerprint density at radius 2 is 2.21 bits per heavy atom. The molecule has 1 aromatic rings. The fourth-order valence-corrected chi connectivity index (χ4v) is 3.65. The molecule has 2 heterocycles. The summed E-state index contributed by atoms with van der Waals surface area (Å²) in [7, 11) is 2.18. The molecule has 2 aliphatic rings. The fourth-order valence-electron chi connectivity index (χ4n) is 3.65. The van der Waals surface area contributed by atoms with Crippen LogP contribution in [0, 0.1) is 6.92 Å². The van der Waals surface area contributed by atoms with E-state index in [9.17, 15) is 0 Å². The first-order valence-corrected chi connectivity index (χ1v) is 7.52. The molecular weight excluding hydrogens is 238 g/mol. The molecule has 3 rings (SSSR count). The first-order valence-electron chi connectivity index (χ1n) is 7.52. The summed E-state index contributed by atoms with van der Waals surface area (Å²) in [5, 5.41) is 7.08. The lowest BCUT2D eigenvalue weighted by atomic mass is 9.98. The predicted molar refractivity (Wildman–Crippen MR) is 75.0 cm³/mol. The summed E-state index contributed by atoms with van der Waals surface area (Å²) >= 11 is 0. The number of aryl methyl sites for hydroxylation is 1. The van der Waals surface area contributed by atoms with E-state index >= 15 is 0 Å². The van der Waals surface area contributed by atoms with Crippen LogP contribution in [0.2, 0.25) is 0 Å². The molecule has 1 spiro atoms. The number of ether oxygens (including phenoxy) is 1. The Bertz CT molecular complexity index is 423. The molecule has 0 amide bonds. The Morgan fingerprint density at radius 3 is 2.89 bits per heavy atom. The monoisotopic (exact) mass is 263 g/mol. The molecule has 0 radical (unpaired) electrons. The van der Waals surface area contributed by atoms with Gasteiger partial charge in [-0.3, -0.25) is 10.00 Å². The molecule has 0 bridgehead atoms. The second kappa shape index (κ2) is 5.25. The number of rotatable bonds is 4. The molecule has 2 fully saturated rings. The lowest BCUT2D eigenvalue weighted by molar-refractivity contribution is -0.0457. The van der Waals surface area contributed by atoms with E-state index in [1.807, 2.05) is 6.20 Å². The van der Waals surface area contributed by atoms with Crippen molar-refractivity contribution in [2.45, 2.75) is 63.7 Å². The Balaban J connectivity index is 1.50. The molecule has 1 saturated heterocycles. The Hall–Kier alpha value is -0.870. The third kappa shape index (κ3) is 2.84. The van der Waals surface area contributed by atoms with Crippen molar-refractivity contribution >= 4 is 0 Å². The molecule has 0 aromatic carbocycles. The zero-order valence-electron chi connectivity index (χ0n) is 12.1. The van der Waals surface area contributed by atoms with Crippen molar-refractivity contribution in [3.8, 4) is 0 Å².